The molecule has 0 saturated heterocycles. The number of aromatic nitrogens is 2. The van der Waals surface area contributed by atoms with Gasteiger partial charge in [0.25, 0.3) is 0 Å². The highest BCUT2D eigenvalue weighted by Crippen LogP contribution is 2.37. The largest absolute Gasteiger partial charge is 0.383 e. The van der Waals surface area contributed by atoms with Crippen LogP contribution in [0.3, 0.4) is 0 Å². The molecule has 0 amide bonds. The minimum absolute atomic E-state index is 0.0739. The fourth-order valence-corrected chi connectivity index (χ4v) is 3.25. The third-order valence-electron chi connectivity index (χ3n) is 3.32. The van der Waals surface area contributed by atoms with Gasteiger partial charge >= 0.3 is 0 Å². The van der Waals surface area contributed by atoms with E-state index in [1.807, 2.05) is 18.2 Å². The van der Waals surface area contributed by atoms with E-state index in [2.05, 4.69) is 55.1 Å². The van der Waals surface area contributed by atoms with Gasteiger partial charge in [-0.25, -0.2) is 4.98 Å². The van der Waals surface area contributed by atoms with Crippen molar-refractivity contribution in [3.05, 3.63) is 33.5 Å². The molecule has 0 atom stereocenters. The molecule has 1 aromatic carbocycles. The van der Waals surface area contributed by atoms with Gasteiger partial charge < -0.3 is 10.3 Å². The van der Waals surface area contributed by atoms with Gasteiger partial charge in [-0.3, -0.25) is 0 Å². The zero-order valence-corrected chi connectivity index (χ0v) is 15.4. The van der Waals surface area contributed by atoms with Gasteiger partial charge in [0.1, 0.15) is 17.3 Å². The molecule has 0 radical (unpaired) electrons. The molecule has 3 nitrogen and oxygen atoms in total. The van der Waals surface area contributed by atoms with E-state index < -0.39 is 0 Å². The molecule has 0 aliphatic heterocycles. The second-order valence-corrected chi connectivity index (χ2v) is 7.80. The zero-order chi connectivity index (χ0) is 15.9. The molecule has 0 fully saturated rings. The molecule has 1 heterocycles. The van der Waals surface area contributed by atoms with Crippen molar-refractivity contribution in [2.75, 3.05) is 5.73 Å². The second kappa shape index (κ2) is 5.65. The average molecular weight is 371 g/mol. The van der Waals surface area contributed by atoms with Crippen LogP contribution in [-0.2, 0) is 5.41 Å². The van der Waals surface area contributed by atoms with E-state index in [4.69, 9.17) is 22.3 Å². The van der Waals surface area contributed by atoms with E-state index in [9.17, 15) is 0 Å². The number of benzene rings is 1. The zero-order valence-electron chi connectivity index (χ0n) is 13.0. The Bertz CT molecular complexity index is 669. The van der Waals surface area contributed by atoms with Crippen LogP contribution in [0.25, 0.3) is 11.3 Å². The third kappa shape index (κ3) is 3.11. The minimum atomic E-state index is -0.0739. The lowest BCUT2D eigenvalue weighted by Gasteiger charge is -2.22. The summed E-state index contributed by atoms with van der Waals surface area (Å²) in [6, 6.07) is 5.92. The number of halogens is 2. The fraction of sp³-hybridized carbons (Fsp3) is 0.438. The predicted molar refractivity (Wildman–Crippen MR) is 93.9 cm³/mol. The number of rotatable bonds is 2. The quantitative estimate of drug-likeness (QED) is 0.766. The fourth-order valence-electron chi connectivity index (χ4n) is 2.38. The smallest absolute Gasteiger partial charge is 0.132 e. The van der Waals surface area contributed by atoms with Crippen LogP contribution in [0.15, 0.2) is 22.7 Å². The summed E-state index contributed by atoms with van der Waals surface area (Å²) in [4.78, 5) is 4.83. The molecule has 0 aliphatic rings. The number of imidazole rings is 1. The molecule has 2 N–H and O–H groups in total. The number of nitrogens with zero attached hydrogens (tertiary/aromatic N) is 2. The average Bonchev–Trinajstić information content (AvgIpc) is 2.67. The molecule has 114 valence electrons. The van der Waals surface area contributed by atoms with Crippen LogP contribution >= 0.6 is 27.5 Å². The van der Waals surface area contributed by atoms with Crippen molar-refractivity contribution in [2.24, 2.45) is 0 Å². The van der Waals surface area contributed by atoms with Gasteiger partial charge in [0.15, 0.2) is 0 Å². The summed E-state index contributed by atoms with van der Waals surface area (Å²) < 4.78 is 3.01. The maximum absolute atomic E-state index is 6.39. The van der Waals surface area contributed by atoms with E-state index in [0.29, 0.717) is 10.8 Å². The topological polar surface area (TPSA) is 43.8 Å². The van der Waals surface area contributed by atoms with Crippen molar-refractivity contribution in [2.45, 2.75) is 46.1 Å². The second-order valence-electron chi connectivity index (χ2n) is 6.51. The molecule has 1 aromatic heterocycles. The summed E-state index contributed by atoms with van der Waals surface area (Å²) in [5, 5.41) is 0.684. The third-order valence-corrected chi connectivity index (χ3v) is 4.21. The van der Waals surface area contributed by atoms with E-state index in [1.54, 1.807) is 0 Å². The van der Waals surface area contributed by atoms with Crippen LogP contribution < -0.4 is 5.73 Å². The standard InChI is InChI=1S/C16H21BrClN3/c1-9(2)21-14(19)13(20-15(21)16(3,4)5)11-7-6-10(18)8-12(11)17/h6-9H,19H2,1-5H3. The normalized spacial score (nSPS) is 12.2. The number of nitrogens with two attached hydrogens (primary N) is 1. The molecular weight excluding hydrogens is 350 g/mol. The summed E-state index contributed by atoms with van der Waals surface area (Å²) in [7, 11) is 0. The Kier molecular flexibility index (Phi) is 4.41. The van der Waals surface area contributed by atoms with Gasteiger partial charge in [-0.2, -0.15) is 0 Å². The molecule has 0 saturated carbocycles. The first-order valence-electron chi connectivity index (χ1n) is 6.96. The summed E-state index contributed by atoms with van der Waals surface area (Å²) in [5.41, 5.74) is 8.08. The highest BCUT2D eigenvalue weighted by molar-refractivity contribution is 9.10. The maximum atomic E-state index is 6.39. The molecule has 0 bridgehead atoms. The van der Waals surface area contributed by atoms with Gasteiger partial charge in [0, 0.05) is 26.5 Å². The Hall–Kier alpha value is -1.00. The first-order chi connectivity index (χ1) is 9.62. The van der Waals surface area contributed by atoms with Crippen LogP contribution in [0.2, 0.25) is 5.02 Å². The lowest BCUT2D eigenvalue weighted by atomic mass is 9.95. The SMILES string of the molecule is CC(C)n1c(C(C)(C)C)nc(-c2ccc(Cl)cc2Br)c1N. The van der Waals surface area contributed by atoms with E-state index in [0.717, 1.165) is 21.6 Å². The Balaban J connectivity index is 2.71. The molecule has 5 heteroatoms. The lowest BCUT2D eigenvalue weighted by molar-refractivity contribution is 0.473. The lowest BCUT2D eigenvalue weighted by Crippen LogP contribution is -2.21. The first-order valence-corrected chi connectivity index (χ1v) is 8.13. The van der Waals surface area contributed by atoms with Gasteiger partial charge in [-0.1, -0.05) is 54.4 Å². The molecule has 0 aliphatic carbocycles. The Morgan fingerprint density at radius 2 is 1.90 bits per heavy atom. The first kappa shape index (κ1) is 16.4. The van der Waals surface area contributed by atoms with Crippen molar-refractivity contribution in [3.63, 3.8) is 0 Å². The number of nitrogen functional groups attached to an aromatic ring is 1. The monoisotopic (exact) mass is 369 g/mol. The van der Waals surface area contributed by atoms with Gasteiger partial charge in [0.2, 0.25) is 0 Å². The summed E-state index contributed by atoms with van der Waals surface area (Å²) in [5.74, 6) is 1.68. The highest BCUT2D eigenvalue weighted by atomic mass is 79.9. The Morgan fingerprint density at radius 1 is 1.29 bits per heavy atom. The Labute approximate surface area is 139 Å². The van der Waals surface area contributed by atoms with Crippen molar-refractivity contribution in [1.29, 1.82) is 0 Å². The summed E-state index contributed by atoms with van der Waals surface area (Å²) in [6.45, 7) is 10.7. The minimum Gasteiger partial charge on any atom is -0.383 e. The number of anilines is 1. The van der Waals surface area contributed by atoms with Crippen molar-refractivity contribution < 1.29 is 0 Å². The van der Waals surface area contributed by atoms with Gasteiger partial charge in [0.05, 0.1) is 0 Å². The van der Waals surface area contributed by atoms with Crippen LogP contribution in [0.4, 0.5) is 5.82 Å². The molecule has 21 heavy (non-hydrogen) atoms. The van der Waals surface area contributed by atoms with Crippen LogP contribution in [0, 0.1) is 0 Å². The Morgan fingerprint density at radius 3 is 2.33 bits per heavy atom. The molecular formula is C16H21BrClN3. The van der Waals surface area contributed by atoms with Gasteiger partial charge in [-0.05, 0) is 26.0 Å². The summed E-state index contributed by atoms with van der Waals surface area (Å²) in [6.07, 6.45) is 0. The summed E-state index contributed by atoms with van der Waals surface area (Å²) >= 11 is 9.57. The van der Waals surface area contributed by atoms with E-state index in [-0.39, 0.29) is 11.5 Å². The van der Waals surface area contributed by atoms with E-state index in [1.165, 1.54) is 0 Å². The van der Waals surface area contributed by atoms with Crippen LogP contribution in [-0.4, -0.2) is 9.55 Å². The molecule has 0 spiro atoms. The predicted octanol–water partition coefficient (Wildman–Crippen LogP) is 5.43. The maximum Gasteiger partial charge on any atom is 0.132 e. The van der Waals surface area contributed by atoms with Crippen LogP contribution in [0.1, 0.15) is 46.5 Å². The van der Waals surface area contributed by atoms with Crippen molar-refractivity contribution >= 4 is 33.3 Å². The highest BCUT2D eigenvalue weighted by Gasteiger charge is 2.27. The van der Waals surface area contributed by atoms with Crippen molar-refractivity contribution in [3.8, 4) is 11.3 Å². The number of hydrogen-bond donors (Lipinski definition) is 1. The molecule has 2 rings (SSSR count). The number of hydrogen-bond acceptors (Lipinski definition) is 2. The van der Waals surface area contributed by atoms with Crippen LogP contribution in [0.5, 0.6) is 0 Å². The van der Waals surface area contributed by atoms with Crippen molar-refractivity contribution in [1.82, 2.24) is 9.55 Å². The van der Waals surface area contributed by atoms with Gasteiger partial charge in [-0.15, -0.1) is 0 Å². The molecule has 2 aromatic rings. The van der Waals surface area contributed by atoms with E-state index >= 15 is 0 Å². The molecule has 0 unspecified atom stereocenters.